The maximum atomic E-state index is 12.1. The van der Waals surface area contributed by atoms with E-state index in [9.17, 15) is 14.7 Å². The summed E-state index contributed by atoms with van der Waals surface area (Å²) in [5.41, 5.74) is 0.458. The first-order valence-electron chi connectivity index (χ1n) is 6.76. The molecule has 7 heteroatoms. The number of amides is 2. The van der Waals surface area contributed by atoms with E-state index in [1.807, 2.05) is 13.8 Å². The van der Waals surface area contributed by atoms with Crippen molar-refractivity contribution in [1.82, 2.24) is 20.0 Å². The normalized spacial score (nSPS) is 11.9. The van der Waals surface area contributed by atoms with Crippen LogP contribution in [0, 0.1) is 0 Å². The number of carboxylic acids is 1. The van der Waals surface area contributed by atoms with Crippen molar-refractivity contribution in [2.45, 2.75) is 32.7 Å². The summed E-state index contributed by atoms with van der Waals surface area (Å²) in [6.45, 7) is 5.08. The highest BCUT2D eigenvalue weighted by Crippen LogP contribution is 2.12. The fraction of sp³-hybridized carbons (Fsp3) is 0.615. The summed E-state index contributed by atoms with van der Waals surface area (Å²) in [5.74, 6) is -1.10. The molecule has 0 bridgehead atoms. The molecule has 1 aromatic heterocycles. The minimum absolute atomic E-state index is 0.364. The standard InChI is InChI=1S/C13H22N4O3/c1-4-6-7-17(5-2)13(20)15-11(12(18)19)10-8-14-16(3)9-10/h8-9,11H,4-7H2,1-3H3,(H,15,20)(H,18,19). The van der Waals surface area contributed by atoms with Gasteiger partial charge in [0, 0.05) is 31.9 Å². The van der Waals surface area contributed by atoms with Crippen molar-refractivity contribution in [3.63, 3.8) is 0 Å². The van der Waals surface area contributed by atoms with Crippen LogP contribution in [0.25, 0.3) is 0 Å². The van der Waals surface area contributed by atoms with E-state index in [0.29, 0.717) is 18.7 Å². The largest absolute Gasteiger partial charge is 0.479 e. The fourth-order valence-corrected chi connectivity index (χ4v) is 1.84. The lowest BCUT2D eigenvalue weighted by molar-refractivity contribution is -0.139. The van der Waals surface area contributed by atoms with E-state index < -0.39 is 12.0 Å². The molecule has 1 atom stereocenters. The van der Waals surface area contributed by atoms with E-state index in [2.05, 4.69) is 10.4 Å². The molecular formula is C13H22N4O3. The Morgan fingerprint density at radius 2 is 2.20 bits per heavy atom. The second kappa shape index (κ2) is 7.52. The van der Waals surface area contributed by atoms with E-state index in [-0.39, 0.29) is 6.03 Å². The minimum atomic E-state index is -1.10. The van der Waals surface area contributed by atoms with Crippen LogP contribution in [0.4, 0.5) is 4.79 Å². The Bertz CT molecular complexity index is 458. The molecule has 1 heterocycles. The predicted molar refractivity (Wildman–Crippen MR) is 74.3 cm³/mol. The van der Waals surface area contributed by atoms with Crippen LogP contribution in [0.15, 0.2) is 12.4 Å². The summed E-state index contributed by atoms with van der Waals surface area (Å²) in [6, 6.07) is -1.44. The molecule has 7 nitrogen and oxygen atoms in total. The summed E-state index contributed by atoms with van der Waals surface area (Å²) in [5, 5.41) is 15.7. The topological polar surface area (TPSA) is 87.5 Å². The molecule has 0 radical (unpaired) electrons. The fourth-order valence-electron chi connectivity index (χ4n) is 1.84. The van der Waals surface area contributed by atoms with Gasteiger partial charge in [-0.05, 0) is 13.3 Å². The number of carbonyl (C=O) groups excluding carboxylic acids is 1. The number of nitrogens with zero attached hydrogens (tertiary/aromatic N) is 3. The molecular weight excluding hydrogens is 260 g/mol. The Balaban J connectivity index is 2.75. The van der Waals surface area contributed by atoms with Gasteiger partial charge in [0.1, 0.15) is 0 Å². The van der Waals surface area contributed by atoms with Gasteiger partial charge in [0.2, 0.25) is 0 Å². The molecule has 0 aromatic carbocycles. The van der Waals surface area contributed by atoms with Crippen molar-refractivity contribution in [2.24, 2.45) is 7.05 Å². The van der Waals surface area contributed by atoms with Gasteiger partial charge in [0.15, 0.2) is 6.04 Å². The van der Waals surface area contributed by atoms with Gasteiger partial charge < -0.3 is 15.3 Å². The van der Waals surface area contributed by atoms with Gasteiger partial charge in [0.25, 0.3) is 0 Å². The number of hydrogen-bond donors (Lipinski definition) is 2. The van der Waals surface area contributed by atoms with Crippen molar-refractivity contribution < 1.29 is 14.7 Å². The molecule has 0 fully saturated rings. The lowest BCUT2D eigenvalue weighted by Gasteiger charge is -2.23. The third-order valence-electron chi connectivity index (χ3n) is 3.02. The van der Waals surface area contributed by atoms with Gasteiger partial charge in [-0.3, -0.25) is 4.68 Å². The van der Waals surface area contributed by atoms with Crippen molar-refractivity contribution in [1.29, 1.82) is 0 Å². The molecule has 1 rings (SSSR count). The van der Waals surface area contributed by atoms with Gasteiger partial charge in [-0.2, -0.15) is 5.10 Å². The van der Waals surface area contributed by atoms with Crippen LogP contribution in [0.5, 0.6) is 0 Å². The second-order valence-corrected chi connectivity index (χ2v) is 4.60. The molecule has 0 spiro atoms. The second-order valence-electron chi connectivity index (χ2n) is 4.60. The highest BCUT2D eigenvalue weighted by atomic mass is 16.4. The van der Waals surface area contributed by atoms with E-state index in [1.54, 1.807) is 18.1 Å². The Labute approximate surface area is 118 Å². The van der Waals surface area contributed by atoms with Crippen molar-refractivity contribution >= 4 is 12.0 Å². The van der Waals surface area contributed by atoms with E-state index in [4.69, 9.17) is 0 Å². The molecule has 0 aliphatic carbocycles. The Kier molecular flexibility index (Phi) is 6.02. The van der Waals surface area contributed by atoms with Crippen molar-refractivity contribution in [2.75, 3.05) is 13.1 Å². The van der Waals surface area contributed by atoms with Crippen LogP contribution in [0.1, 0.15) is 38.3 Å². The van der Waals surface area contributed by atoms with Crippen LogP contribution in [0.2, 0.25) is 0 Å². The number of rotatable bonds is 7. The van der Waals surface area contributed by atoms with E-state index in [1.165, 1.54) is 10.9 Å². The maximum absolute atomic E-state index is 12.1. The lowest BCUT2D eigenvalue weighted by atomic mass is 10.1. The highest BCUT2D eigenvalue weighted by molar-refractivity contribution is 5.83. The average Bonchev–Trinajstić information content (AvgIpc) is 2.82. The molecule has 20 heavy (non-hydrogen) atoms. The Hall–Kier alpha value is -2.05. The number of aryl methyl sites for hydroxylation is 1. The first-order valence-corrected chi connectivity index (χ1v) is 6.76. The first kappa shape index (κ1) is 16.0. The Morgan fingerprint density at radius 3 is 2.65 bits per heavy atom. The van der Waals surface area contributed by atoms with Crippen LogP contribution in [-0.4, -0.2) is 44.9 Å². The summed E-state index contributed by atoms with van der Waals surface area (Å²) in [6.07, 6.45) is 4.91. The van der Waals surface area contributed by atoms with Crippen LogP contribution < -0.4 is 5.32 Å². The summed E-state index contributed by atoms with van der Waals surface area (Å²) < 4.78 is 1.51. The van der Waals surface area contributed by atoms with Crippen molar-refractivity contribution in [3.8, 4) is 0 Å². The number of unbranched alkanes of at least 4 members (excludes halogenated alkanes) is 1. The van der Waals surface area contributed by atoms with Crippen molar-refractivity contribution in [3.05, 3.63) is 18.0 Å². The number of nitrogens with one attached hydrogen (secondary N) is 1. The quantitative estimate of drug-likeness (QED) is 0.791. The zero-order valence-corrected chi connectivity index (χ0v) is 12.2. The highest BCUT2D eigenvalue weighted by Gasteiger charge is 2.25. The van der Waals surface area contributed by atoms with Crippen LogP contribution in [-0.2, 0) is 11.8 Å². The predicted octanol–water partition coefficient (Wildman–Crippen LogP) is 1.38. The van der Waals surface area contributed by atoms with Crippen LogP contribution >= 0.6 is 0 Å². The SMILES string of the molecule is CCCCN(CC)C(=O)NC(C(=O)O)c1cnn(C)c1. The van der Waals surface area contributed by atoms with Gasteiger partial charge >= 0.3 is 12.0 Å². The number of aliphatic carboxylic acids is 1. The number of carboxylic acid groups (broad SMARTS) is 1. The van der Waals surface area contributed by atoms with Gasteiger partial charge in [-0.15, -0.1) is 0 Å². The van der Waals surface area contributed by atoms with Gasteiger partial charge in [0.05, 0.1) is 6.20 Å². The zero-order valence-electron chi connectivity index (χ0n) is 12.2. The number of urea groups is 1. The van der Waals surface area contributed by atoms with Gasteiger partial charge in [-0.1, -0.05) is 13.3 Å². The number of hydrogen-bond acceptors (Lipinski definition) is 3. The molecule has 1 unspecified atom stereocenters. The number of carbonyl (C=O) groups is 2. The molecule has 1 aromatic rings. The molecule has 0 saturated carbocycles. The third kappa shape index (κ3) is 4.25. The summed E-state index contributed by atoms with van der Waals surface area (Å²) in [7, 11) is 1.70. The van der Waals surface area contributed by atoms with Gasteiger partial charge in [-0.25, -0.2) is 9.59 Å². The molecule has 112 valence electrons. The monoisotopic (exact) mass is 282 g/mol. The average molecular weight is 282 g/mol. The third-order valence-corrected chi connectivity index (χ3v) is 3.02. The zero-order chi connectivity index (χ0) is 15.1. The summed E-state index contributed by atoms with van der Waals surface area (Å²) in [4.78, 5) is 25.0. The number of aromatic nitrogens is 2. The van der Waals surface area contributed by atoms with Crippen LogP contribution in [0.3, 0.4) is 0 Å². The minimum Gasteiger partial charge on any atom is -0.479 e. The smallest absolute Gasteiger partial charge is 0.331 e. The Morgan fingerprint density at radius 1 is 1.50 bits per heavy atom. The summed E-state index contributed by atoms with van der Waals surface area (Å²) >= 11 is 0. The molecule has 0 aliphatic heterocycles. The van der Waals surface area contributed by atoms with E-state index >= 15 is 0 Å². The van der Waals surface area contributed by atoms with E-state index in [0.717, 1.165) is 12.8 Å². The maximum Gasteiger partial charge on any atom is 0.331 e. The first-order chi connectivity index (χ1) is 9.49. The molecule has 0 saturated heterocycles. The molecule has 2 N–H and O–H groups in total. The molecule has 2 amide bonds. The molecule has 0 aliphatic rings. The lowest BCUT2D eigenvalue weighted by Crippen LogP contribution is -2.44.